The Kier molecular flexibility index (Phi) is 7.47. The van der Waals surface area contributed by atoms with Crippen molar-refractivity contribution in [2.45, 2.75) is 54.4 Å². The van der Waals surface area contributed by atoms with Crippen LogP contribution in [0.2, 0.25) is 0 Å². The quantitative estimate of drug-likeness (QED) is 0.482. The van der Waals surface area contributed by atoms with Crippen molar-refractivity contribution in [3.63, 3.8) is 0 Å². The maximum Gasteiger partial charge on any atom is 0.0140 e. The van der Waals surface area contributed by atoms with E-state index in [4.69, 9.17) is 0 Å². The van der Waals surface area contributed by atoms with Crippen LogP contribution in [0.25, 0.3) is 0 Å². The molecule has 0 amide bonds. The van der Waals surface area contributed by atoms with E-state index in [-0.39, 0.29) is 0 Å². The Morgan fingerprint density at radius 3 is 2.44 bits per heavy atom. The summed E-state index contributed by atoms with van der Waals surface area (Å²) in [5, 5.41) is 3.42. The summed E-state index contributed by atoms with van der Waals surface area (Å²) in [6.07, 6.45) is 8.49. The van der Waals surface area contributed by atoms with E-state index in [1.54, 1.807) is 0 Å². The van der Waals surface area contributed by atoms with Crippen LogP contribution >= 0.6 is 0 Å². The van der Waals surface area contributed by atoms with E-state index in [1.165, 1.54) is 12.1 Å². The van der Waals surface area contributed by atoms with Crippen molar-refractivity contribution in [2.24, 2.45) is 11.3 Å². The van der Waals surface area contributed by atoms with Crippen LogP contribution in [0.4, 0.5) is 0 Å². The van der Waals surface area contributed by atoms with Gasteiger partial charge in [-0.1, -0.05) is 53.7 Å². The Morgan fingerprint density at radius 1 is 1.39 bits per heavy atom. The molecule has 0 aliphatic rings. The number of allylic oxidation sites excluding steroid dienone is 4. The maximum atomic E-state index is 3.63. The Morgan fingerprint density at radius 2 is 2.00 bits per heavy atom. The van der Waals surface area contributed by atoms with Gasteiger partial charge in [-0.25, -0.2) is 0 Å². The van der Waals surface area contributed by atoms with Gasteiger partial charge in [-0.3, -0.25) is 0 Å². The molecule has 0 spiro atoms. The van der Waals surface area contributed by atoms with Gasteiger partial charge in [0, 0.05) is 17.8 Å². The lowest BCUT2D eigenvalue weighted by atomic mass is 9.76. The molecule has 0 aromatic heterocycles. The van der Waals surface area contributed by atoms with Crippen molar-refractivity contribution in [1.29, 1.82) is 0 Å². The van der Waals surface area contributed by atoms with Crippen LogP contribution in [0.1, 0.15) is 54.4 Å². The monoisotopic (exact) mass is 247 g/mol. The molecule has 0 rings (SSSR count). The van der Waals surface area contributed by atoms with Crippen molar-refractivity contribution in [1.82, 2.24) is 5.32 Å². The molecule has 0 saturated carbocycles. The molecule has 0 aromatic rings. The fraction of sp³-hybridized carbons (Fsp3) is 0.588. The van der Waals surface area contributed by atoms with Crippen LogP contribution in [-0.4, -0.2) is 0 Å². The minimum atomic E-state index is 0.311. The first-order chi connectivity index (χ1) is 8.38. The minimum absolute atomic E-state index is 0.311. The van der Waals surface area contributed by atoms with E-state index in [1.807, 2.05) is 19.2 Å². The SMILES string of the molecule is C=C=C(C)/C=C/N/C(=C/CC)C(C)C(C)(C)CC. The van der Waals surface area contributed by atoms with E-state index >= 15 is 0 Å². The minimum Gasteiger partial charge on any atom is -0.365 e. The van der Waals surface area contributed by atoms with Crippen LogP contribution in [0, 0.1) is 11.3 Å². The molecule has 0 aromatic carbocycles. The topological polar surface area (TPSA) is 12.0 Å². The molecule has 0 aliphatic carbocycles. The smallest absolute Gasteiger partial charge is 0.0140 e. The van der Waals surface area contributed by atoms with Gasteiger partial charge in [0.25, 0.3) is 0 Å². The second-order valence-corrected chi connectivity index (χ2v) is 5.47. The Balaban J connectivity index is 4.85. The molecule has 0 aliphatic heterocycles. The highest BCUT2D eigenvalue weighted by Crippen LogP contribution is 2.34. The number of hydrogen-bond acceptors (Lipinski definition) is 1. The number of nitrogens with one attached hydrogen (secondary N) is 1. The molecule has 0 saturated heterocycles. The molecule has 1 heteroatoms. The molecule has 0 radical (unpaired) electrons. The lowest BCUT2D eigenvalue weighted by Crippen LogP contribution is -2.27. The van der Waals surface area contributed by atoms with Gasteiger partial charge in [0.15, 0.2) is 0 Å². The molecule has 1 unspecified atom stereocenters. The average molecular weight is 247 g/mol. The second kappa shape index (κ2) is 8.00. The third-order valence-electron chi connectivity index (χ3n) is 3.84. The van der Waals surface area contributed by atoms with E-state index in [0.29, 0.717) is 11.3 Å². The molecule has 1 N–H and O–H groups in total. The molecular weight excluding hydrogens is 218 g/mol. The Labute approximate surface area is 113 Å². The van der Waals surface area contributed by atoms with Gasteiger partial charge < -0.3 is 5.32 Å². The van der Waals surface area contributed by atoms with Crippen LogP contribution in [0.15, 0.2) is 41.9 Å². The predicted octanol–water partition coefficient (Wildman–Crippen LogP) is 5.19. The van der Waals surface area contributed by atoms with Crippen LogP contribution in [-0.2, 0) is 0 Å². The zero-order valence-electron chi connectivity index (χ0n) is 12.9. The molecule has 18 heavy (non-hydrogen) atoms. The standard InChI is InChI=1S/C17H29N/c1-8-11-16(15(5)17(6,7)10-3)18-13-12-14(4)9-2/h11-13,15,18H,2,8,10H2,1,3-7H3/b13-12+,16-11+. The van der Waals surface area contributed by atoms with Crippen LogP contribution in [0.3, 0.4) is 0 Å². The van der Waals surface area contributed by atoms with Gasteiger partial charge in [-0.15, -0.1) is 5.73 Å². The normalized spacial score (nSPS) is 14.4. The first kappa shape index (κ1) is 16.8. The number of hydrogen-bond donors (Lipinski definition) is 1. The summed E-state index contributed by atoms with van der Waals surface area (Å²) >= 11 is 0. The molecule has 0 bridgehead atoms. The van der Waals surface area contributed by atoms with E-state index < -0.39 is 0 Å². The highest BCUT2D eigenvalue weighted by Gasteiger charge is 2.26. The Hall–Kier alpha value is -1.20. The average Bonchev–Trinajstić information content (AvgIpc) is 2.36. The van der Waals surface area contributed by atoms with Gasteiger partial charge in [0.2, 0.25) is 0 Å². The molecule has 102 valence electrons. The second-order valence-electron chi connectivity index (χ2n) is 5.47. The molecule has 1 atom stereocenters. The third-order valence-corrected chi connectivity index (χ3v) is 3.84. The Bertz CT molecular complexity index is 352. The molecule has 0 fully saturated rings. The van der Waals surface area contributed by atoms with Crippen molar-refractivity contribution in [3.8, 4) is 0 Å². The van der Waals surface area contributed by atoms with E-state index in [2.05, 4.69) is 58.3 Å². The molecule has 1 nitrogen and oxygen atoms in total. The number of rotatable bonds is 7. The van der Waals surface area contributed by atoms with Crippen molar-refractivity contribution in [2.75, 3.05) is 0 Å². The van der Waals surface area contributed by atoms with E-state index in [9.17, 15) is 0 Å². The van der Waals surface area contributed by atoms with Crippen molar-refractivity contribution < 1.29 is 0 Å². The van der Waals surface area contributed by atoms with Crippen LogP contribution in [0.5, 0.6) is 0 Å². The summed E-state index contributed by atoms with van der Waals surface area (Å²) in [4.78, 5) is 0. The summed E-state index contributed by atoms with van der Waals surface area (Å²) in [6, 6.07) is 0. The fourth-order valence-corrected chi connectivity index (χ4v) is 1.63. The third kappa shape index (κ3) is 5.42. The lowest BCUT2D eigenvalue weighted by Gasteiger charge is -2.32. The van der Waals surface area contributed by atoms with Gasteiger partial charge in [-0.2, -0.15) is 0 Å². The highest BCUT2D eigenvalue weighted by atomic mass is 14.9. The van der Waals surface area contributed by atoms with Crippen molar-refractivity contribution in [3.05, 3.63) is 41.9 Å². The summed E-state index contributed by atoms with van der Waals surface area (Å²) in [6.45, 7) is 17.0. The van der Waals surface area contributed by atoms with Crippen molar-refractivity contribution >= 4 is 0 Å². The van der Waals surface area contributed by atoms with Gasteiger partial charge in [0.05, 0.1) is 0 Å². The largest absolute Gasteiger partial charge is 0.365 e. The summed E-state index contributed by atoms with van der Waals surface area (Å²) in [7, 11) is 0. The highest BCUT2D eigenvalue weighted by molar-refractivity contribution is 5.17. The zero-order chi connectivity index (χ0) is 14.2. The first-order valence-corrected chi connectivity index (χ1v) is 6.88. The molecular formula is C17H29N. The first-order valence-electron chi connectivity index (χ1n) is 6.88. The fourth-order valence-electron chi connectivity index (χ4n) is 1.63. The van der Waals surface area contributed by atoms with Crippen LogP contribution < -0.4 is 5.32 Å². The maximum absolute atomic E-state index is 3.63. The summed E-state index contributed by atoms with van der Waals surface area (Å²) < 4.78 is 0. The van der Waals surface area contributed by atoms with Gasteiger partial charge >= 0.3 is 0 Å². The summed E-state index contributed by atoms with van der Waals surface area (Å²) in [5.41, 5.74) is 5.52. The lowest BCUT2D eigenvalue weighted by molar-refractivity contribution is 0.248. The predicted molar refractivity (Wildman–Crippen MR) is 82.2 cm³/mol. The van der Waals surface area contributed by atoms with Gasteiger partial charge in [0.1, 0.15) is 0 Å². The summed E-state index contributed by atoms with van der Waals surface area (Å²) in [5.74, 6) is 0.514. The molecule has 0 heterocycles. The zero-order valence-corrected chi connectivity index (χ0v) is 12.9. The van der Waals surface area contributed by atoms with Gasteiger partial charge in [-0.05, 0) is 30.4 Å². The van der Waals surface area contributed by atoms with E-state index in [0.717, 1.165) is 12.0 Å².